The molecule has 1 saturated heterocycles. The SMILES string of the molecule is COc1ccc(-c2noc(CN3CCN(C(=O)/C=C/c4ccc(Br)s4)CC3)n2)cc1. The second-order valence-corrected chi connectivity index (χ2v) is 9.31. The maximum absolute atomic E-state index is 12.4. The Labute approximate surface area is 187 Å². The number of methoxy groups -OCH3 is 1. The average Bonchev–Trinajstić information content (AvgIpc) is 3.41. The standard InChI is InChI=1S/C21H21BrN4O3S/c1-28-16-4-2-15(3-5-16)21-23-19(29-24-21)14-25-10-12-26(13-11-25)20(27)9-7-17-6-8-18(22)30-17/h2-9H,10-14H2,1H3/b9-7+. The Morgan fingerprint density at radius 3 is 2.63 bits per heavy atom. The highest BCUT2D eigenvalue weighted by atomic mass is 79.9. The molecular weight excluding hydrogens is 468 g/mol. The number of carbonyl (C=O) groups excluding carboxylic acids is 1. The van der Waals surface area contributed by atoms with Crippen LogP contribution in [-0.4, -0.2) is 59.1 Å². The minimum absolute atomic E-state index is 0.0405. The van der Waals surface area contributed by atoms with Crippen molar-refractivity contribution in [3.8, 4) is 17.1 Å². The van der Waals surface area contributed by atoms with E-state index in [0.29, 0.717) is 31.3 Å². The molecule has 7 nitrogen and oxygen atoms in total. The summed E-state index contributed by atoms with van der Waals surface area (Å²) in [5.41, 5.74) is 0.880. The van der Waals surface area contributed by atoms with E-state index in [1.807, 2.05) is 47.4 Å². The molecule has 3 heterocycles. The smallest absolute Gasteiger partial charge is 0.246 e. The number of piperazine rings is 1. The van der Waals surface area contributed by atoms with Crippen molar-refractivity contribution in [3.05, 3.63) is 57.0 Å². The molecule has 1 amide bonds. The molecule has 1 aromatic carbocycles. The lowest BCUT2D eigenvalue weighted by Gasteiger charge is -2.33. The minimum atomic E-state index is 0.0405. The second kappa shape index (κ2) is 9.55. The number of aromatic nitrogens is 2. The van der Waals surface area contributed by atoms with Crippen LogP contribution in [0.2, 0.25) is 0 Å². The molecule has 1 aliphatic heterocycles. The fourth-order valence-corrected chi connectivity index (χ4v) is 4.50. The molecule has 4 rings (SSSR count). The Kier molecular flexibility index (Phi) is 6.61. The lowest BCUT2D eigenvalue weighted by molar-refractivity contribution is -0.127. The lowest BCUT2D eigenvalue weighted by Crippen LogP contribution is -2.47. The minimum Gasteiger partial charge on any atom is -0.497 e. The first-order valence-corrected chi connectivity index (χ1v) is 11.1. The number of ether oxygens (including phenoxy) is 1. The number of hydrogen-bond acceptors (Lipinski definition) is 7. The molecule has 3 aromatic rings. The van der Waals surface area contributed by atoms with Crippen molar-refractivity contribution in [3.63, 3.8) is 0 Å². The van der Waals surface area contributed by atoms with Crippen LogP contribution in [-0.2, 0) is 11.3 Å². The van der Waals surface area contributed by atoms with Gasteiger partial charge in [-0.3, -0.25) is 9.69 Å². The Morgan fingerprint density at radius 2 is 1.97 bits per heavy atom. The van der Waals surface area contributed by atoms with Crippen LogP contribution in [0.3, 0.4) is 0 Å². The highest BCUT2D eigenvalue weighted by Gasteiger charge is 2.21. The van der Waals surface area contributed by atoms with Gasteiger partial charge in [-0.05, 0) is 58.4 Å². The molecule has 1 aliphatic rings. The fraction of sp³-hybridized carbons (Fsp3) is 0.286. The van der Waals surface area contributed by atoms with E-state index < -0.39 is 0 Å². The largest absolute Gasteiger partial charge is 0.497 e. The molecule has 0 spiro atoms. The molecule has 30 heavy (non-hydrogen) atoms. The van der Waals surface area contributed by atoms with Gasteiger partial charge < -0.3 is 14.2 Å². The van der Waals surface area contributed by atoms with Crippen LogP contribution in [0.1, 0.15) is 10.8 Å². The number of benzene rings is 1. The summed E-state index contributed by atoms with van der Waals surface area (Å²) in [5, 5.41) is 4.08. The predicted molar refractivity (Wildman–Crippen MR) is 119 cm³/mol. The van der Waals surface area contributed by atoms with Gasteiger partial charge in [0.15, 0.2) is 0 Å². The van der Waals surface area contributed by atoms with Crippen molar-refractivity contribution < 1.29 is 14.1 Å². The summed E-state index contributed by atoms with van der Waals surface area (Å²) >= 11 is 5.03. The Balaban J connectivity index is 1.28. The van der Waals surface area contributed by atoms with E-state index in [1.165, 1.54) is 0 Å². The van der Waals surface area contributed by atoms with Gasteiger partial charge >= 0.3 is 0 Å². The van der Waals surface area contributed by atoms with E-state index in [4.69, 9.17) is 9.26 Å². The third-order valence-electron chi connectivity index (χ3n) is 4.84. The maximum Gasteiger partial charge on any atom is 0.246 e. The van der Waals surface area contributed by atoms with E-state index in [2.05, 4.69) is 31.0 Å². The van der Waals surface area contributed by atoms with Gasteiger partial charge in [-0.1, -0.05) is 5.16 Å². The van der Waals surface area contributed by atoms with Crippen LogP contribution in [0.4, 0.5) is 0 Å². The zero-order chi connectivity index (χ0) is 20.9. The van der Waals surface area contributed by atoms with Gasteiger partial charge in [0.05, 0.1) is 17.4 Å². The molecule has 0 aliphatic carbocycles. The highest BCUT2D eigenvalue weighted by molar-refractivity contribution is 9.11. The zero-order valence-corrected chi connectivity index (χ0v) is 18.9. The second-order valence-electron chi connectivity index (χ2n) is 6.82. The van der Waals surface area contributed by atoms with Gasteiger partial charge in [0.1, 0.15) is 5.75 Å². The molecule has 0 radical (unpaired) electrons. The van der Waals surface area contributed by atoms with Crippen LogP contribution >= 0.6 is 27.3 Å². The van der Waals surface area contributed by atoms with Gasteiger partial charge in [-0.2, -0.15) is 4.98 Å². The van der Waals surface area contributed by atoms with Crippen molar-refractivity contribution in [2.24, 2.45) is 0 Å². The molecule has 1 fully saturated rings. The maximum atomic E-state index is 12.4. The number of carbonyl (C=O) groups is 1. The molecule has 0 N–H and O–H groups in total. The molecule has 0 atom stereocenters. The number of amides is 1. The first-order valence-electron chi connectivity index (χ1n) is 9.52. The number of halogens is 1. The summed E-state index contributed by atoms with van der Waals surface area (Å²) in [4.78, 5) is 22.0. The van der Waals surface area contributed by atoms with Crippen molar-refractivity contribution in [1.82, 2.24) is 19.9 Å². The molecule has 9 heteroatoms. The highest BCUT2D eigenvalue weighted by Crippen LogP contribution is 2.23. The molecule has 156 valence electrons. The first kappa shape index (κ1) is 20.8. The fourth-order valence-electron chi connectivity index (χ4n) is 3.17. The number of thiophene rings is 1. The summed E-state index contributed by atoms with van der Waals surface area (Å²) in [6.45, 7) is 3.46. The van der Waals surface area contributed by atoms with Crippen molar-refractivity contribution in [2.75, 3.05) is 33.3 Å². The molecule has 0 saturated carbocycles. The van der Waals surface area contributed by atoms with Crippen LogP contribution in [0.15, 0.2) is 50.8 Å². The summed E-state index contributed by atoms with van der Waals surface area (Å²) < 4.78 is 11.6. The van der Waals surface area contributed by atoms with Crippen molar-refractivity contribution >= 4 is 39.2 Å². The van der Waals surface area contributed by atoms with Crippen molar-refractivity contribution in [2.45, 2.75) is 6.54 Å². The molecule has 0 unspecified atom stereocenters. The van der Waals surface area contributed by atoms with Gasteiger partial charge in [0.2, 0.25) is 17.6 Å². The van der Waals surface area contributed by atoms with Gasteiger partial charge in [0, 0.05) is 42.7 Å². The van der Waals surface area contributed by atoms with Crippen LogP contribution < -0.4 is 4.74 Å². The number of hydrogen-bond donors (Lipinski definition) is 0. The normalized spacial score (nSPS) is 15.1. The van der Waals surface area contributed by atoms with E-state index in [0.717, 1.165) is 33.1 Å². The summed E-state index contributed by atoms with van der Waals surface area (Å²) in [6.07, 6.45) is 3.51. The van der Waals surface area contributed by atoms with E-state index in [1.54, 1.807) is 24.5 Å². The third kappa shape index (κ3) is 5.16. The summed E-state index contributed by atoms with van der Waals surface area (Å²) in [7, 11) is 1.63. The summed E-state index contributed by atoms with van der Waals surface area (Å²) in [6, 6.07) is 11.5. The number of nitrogens with zero attached hydrogens (tertiary/aromatic N) is 4. The van der Waals surface area contributed by atoms with Crippen LogP contribution in [0.5, 0.6) is 5.75 Å². The Hall–Kier alpha value is -2.49. The lowest BCUT2D eigenvalue weighted by atomic mass is 10.2. The monoisotopic (exact) mass is 488 g/mol. The topological polar surface area (TPSA) is 71.7 Å². The zero-order valence-electron chi connectivity index (χ0n) is 16.5. The van der Waals surface area contributed by atoms with E-state index in [9.17, 15) is 4.79 Å². The van der Waals surface area contributed by atoms with Crippen molar-refractivity contribution in [1.29, 1.82) is 0 Å². The van der Waals surface area contributed by atoms with E-state index >= 15 is 0 Å². The molecular formula is C21H21BrN4O3S. The first-order chi connectivity index (χ1) is 14.6. The Morgan fingerprint density at radius 1 is 1.20 bits per heavy atom. The quantitative estimate of drug-likeness (QED) is 0.489. The average molecular weight is 489 g/mol. The van der Waals surface area contributed by atoms with Crippen LogP contribution in [0.25, 0.3) is 17.5 Å². The van der Waals surface area contributed by atoms with E-state index in [-0.39, 0.29) is 5.91 Å². The van der Waals surface area contributed by atoms with Gasteiger partial charge in [-0.25, -0.2) is 0 Å². The number of rotatable bonds is 6. The van der Waals surface area contributed by atoms with Crippen LogP contribution in [0, 0.1) is 0 Å². The third-order valence-corrected chi connectivity index (χ3v) is 6.43. The summed E-state index contributed by atoms with van der Waals surface area (Å²) in [5.74, 6) is 1.96. The van der Waals surface area contributed by atoms with Gasteiger partial charge in [0.25, 0.3) is 0 Å². The predicted octanol–water partition coefficient (Wildman–Crippen LogP) is 3.93. The molecule has 2 aromatic heterocycles. The Bertz CT molecular complexity index is 1020. The molecule has 0 bridgehead atoms. The van der Waals surface area contributed by atoms with Gasteiger partial charge in [-0.15, -0.1) is 11.3 Å².